The summed E-state index contributed by atoms with van der Waals surface area (Å²) in [6.45, 7) is 0.973. The van der Waals surface area contributed by atoms with Gasteiger partial charge in [-0.1, -0.05) is 11.6 Å². The second-order valence-corrected chi connectivity index (χ2v) is 7.96. The lowest BCUT2D eigenvalue weighted by Gasteiger charge is -2.23. The average Bonchev–Trinajstić information content (AvgIpc) is 2.58. The fourth-order valence-electron chi connectivity index (χ4n) is 2.46. The summed E-state index contributed by atoms with van der Waals surface area (Å²) < 4.78 is 38.6. The van der Waals surface area contributed by atoms with E-state index in [-0.39, 0.29) is 47.8 Å². The first-order valence-electron chi connectivity index (χ1n) is 8.14. The van der Waals surface area contributed by atoms with E-state index in [0.717, 1.165) is 19.3 Å². The van der Waals surface area contributed by atoms with Crippen molar-refractivity contribution in [2.45, 2.75) is 43.1 Å². The number of rotatable bonds is 9. The van der Waals surface area contributed by atoms with Crippen molar-refractivity contribution in [1.82, 2.24) is 4.72 Å². The molecule has 7 nitrogen and oxygen atoms in total. The molecular formula is C16H22ClNO6S. The van der Waals surface area contributed by atoms with E-state index in [1.807, 2.05) is 0 Å². The van der Waals surface area contributed by atoms with E-state index >= 15 is 0 Å². The molecule has 0 bridgehead atoms. The van der Waals surface area contributed by atoms with Gasteiger partial charge < -0.3 is 14.6 Å². The highest BCUT2D eigenvalue weighted by Crippen LogP contribution is 2.28. The van der Waals surface area contributed by atoms with E-state index < -0.39 is 16.0 Å². The molecule has 1 atom stereocenters. The van der Waals surface area contributed by atoms with Gasteiger partial charge in [0, 0.05) is 24.6 Å². The first-order valence-corrected chi connectivity index (χ1v) is 10.00. The summed E-state index contributed by atoms with van der Waals surface area (Å²) in [6, 6.07) is 4.39. The summed E-state index contributed by atoms with van der Waals surface area (Å²) in [5.74, 6) is -0.775. The lowest BCUT2D eigenvalue weighted by atomic mass is 10.1. The van der Waals surface area contributed by atoms with Crippen LogP contribution in [0.1, 0.15) is 32.1 Å². The quantitative estimate of drug-likeness (QED) is 0.627. The molecule has 1 aromatic rings. The highest BCUT2D eigenvalue weighted by atomic mass is 35.5. The molecule has 25 heavy (non-hydrogen) atoms. The predicted octanol–water partition coefficient (Wildman–Crippen LogP) is 2.43. The number of hydrogen-bond acceptors (Lipinski definition) is 5. The van der Waals surface area contributed by atoms with Gasteiger partial charge in [-0.15, -0.1) is 0 Å². The second-order valence-electron chi connectivity index (χ2n) is 5.79. The fraction of sp³-hybridized carbons (Fsp3) is 0.562. The van der Waals surface area contributed by atoms with Gasteiger partial charge in [0.1, 0.15) is 17.3 Å². The molecule has 1 aromatic carbocycles. The third kappa shape index (κ3) is 6.47. The molecule has 1 heterocycles. The monoisotopic (exact) mass is 391 g/mol. The molecule has 0 saturated carbocycles. The van der Waals surface area contributed by atoms with Crippen molar-refractivity contribution in [3.8, 4) is 5.75 Å². The van der Waals surface area contributed by atoms with Crippen LogP contribution < -0.4 is 9.46 Å². The fourth-order valence-corrected chi connectivity index (χ4v) is 3.94. The third-order valence-corrected chi connectivity index (χ3v) is 5.47. The van der Waals surface area contributed by atoms with Crippen LogP contribution in [-0.2, 0) is 19.6 Å². The Bertz CT molecular complexity index is 688. The average molecular weight is 392 g/mol. The zero-order chi connectivity index (χ0) is 18.3. The summed E-state index contributed by atoms with van der Waals surface area (Å²) in [4.78, 5) is 10.4. The summed E-state index contributed by atoms with van der Waals surface area (Å²) in [5.41, 5.74) is 0. The van der Waals surface area contributed by atoms with E-state index in [4.69, 9.17) is 26.2 Å². The van der Waals surface area contributed by atoms with E-state index in [0.29, 0.717) is 6.61 Å². The van der Waals surface area contributed by atoms with Gasteiger partial charge in [0.15, 0.2) is 0 Å². The molecule has 0 aliphatic carbocycles. The van der Waals surface area contributed by atoms with Gasteiger partial charge >= 0.3 is 5.97 Å². The second kappa shape index (κ2) is 9.38. The van der Waals surface area contributed by atoms with Crippen LogP contribution in [0.4, 0.5) is 0 Å². The summed E-state index contributed by atoms with van der Waals surface area (Å²) in [6.07, 6.45) is 3.00. The zero-order valence-corrected chi connectivity index (χ0v) is 15.3. The minimum absolute atomic E-state index is 0.0202. The Morgan fingerprint density at radius 3 is 2.88 bits per heavy atom. The number of ether oxygens (including phenoxy) is 2. The van der Waals surface area contributed by atoms with Gasteiger partial charge in [-0.05, 0) is 43.9 Å². The zero-order valence-electron chi connectivity index (χ0n) is 13.7. The summed E-state index contributed by atoms with van der Waals surface area (Å²) in [5, 5.41) is 8.88. The number of carboxylic acids is 1. The van der Waals surface area contributed by atoms with Crippen LogP contribution in [0.15, 0.2) is 23.1 Å². The predicted molar refractivity (Wildman–Crippen MR) is 92.6 cm³/mol. The lowest BCUT2D eigenvalue weighted by molar-refractivity contribution is -0.137. The van der Waals surface area contributed by atoms with Gasteiger partial charge in [-0.3, -0.25) is 4.79 Å². The molecule has 1 fully saturated rings. The van der Waals surface area contributed by atoms with Crippen LogP contribution in [-0.4, -0.2) is 45.4 Å². The van der Waals surface area contributed by atoms with Gasteiger partial charge in [0.05, 0.1) is 6.10 Å². The maximum Gasteiger partial charge on any atom is 0.303 e. The number of benzene rings is 1. The minimum atomic E-state index is -3.86. The van der Waals surface area contributed by atoms with Gasteiger partial charge in [0.2, 0.25) is 10.0 Å². The van der Waals surface area contributed by atoms with Crippen molar-refractivity contribution in [3.05, 3.63) is 23.2 Å². The Morgan fingerprint density at radius 1 is 1.40 bits per heavy atom. The Balaban J connectivity index is 2.04. The highest BCUT2D eigenvalue weighted by Gasteiger charge is 2.22. The van der Waals surface area contributed by atoms with E-state index in [1.54, 1.807) is 6.07 Å². The highest BCUT2D eigenvalue weighted by molar-refractivity contribution is 7.89. The maximum atomic E-state index is 12.5. The Kier molecular flexibility index (Phi) is 7.49. The van der Waals surface area contributed by atoms with Crippen molar-refractivity contribution in [2.75, 3.05) is 19.8 Å². The van der Waals surface area contributed by atoms with Crippen LogP contribution in [0.3, 0.4) is 0 Å². The topological polar surface area (TPSA) is 102 Å². The molecule has 1 aliphatic heterocycles. The number of nitrogens with one attached hydrogen (secondary N) is 1. The van der Waals surface area contributed by atoms with Crippen LogP contribution in [0.5, 0.6) is 5.75 Å². The van der Waals surface area contributed by atoms with Crippen LogP contribution >= 0.6 is 11.6 Å². The molecule has 2 rings (SSSR count). The molecule has 0 radical (unpaired) electrons. The summed E-state index contributed by atoms with van der Waals surface area (Å²) in [7, 11) is -3.86. The number of carboxylic acid groups (broad SMARTS) is 1. The minimum Gasteiger partial charge on any atom is -0.489 e. The van der Waals surface area contributed by atoms with Crippen molar-refractivity contribution >= 4 is 27.6 Å². The van der Waals surface area contributed by atoms with E-state index in [9.17, 15) is 13.2 Å². The van der Waals surface area contributed by atoms with Crippen LogP contribution in [0.2, 0.25) is 5.02 Å². The molecule has 140 valence electrons. The van der Waals surface area contributed by atoms with E-state index in [2.05, 4.69) is 4.72 Å². The Labute approximate surface area is 152 Å². The molecule has 1 saturated heterocycles. The Morgan fingerprint density at radius 2 is 2.20 bits per heavy atom. The van der Waals surface area contributed by atoms with Crippen molar-refractivity contribution < 1.29 is 27.8 Å². The first-order chi connectivity index (χ1) is 11.9. The molecule has 0 aromatic heterocycles. The van der Waals surface area contributed by atoms with Crippen molar-refractivity contribution in [3.63, 3.8) is 0 Å². The summed E-state index contributed by atoms with van der Waals surface area (Å²) >= 11 is 5.92. The van der Waals surface area contributed by atoms with Crippen molar-refractivity contribution in [1.29, 1.82) is 0 Å². The molecule has 9 heteroatoms. The van der Waals surface area contributed by atoms with Crippen LogP contribution in [0.25, 0.3) is 0 Å². The number of hydrogen-bond donors (Lipinski definition) is 2. The van der Waals surface area contributed by atoms with E-state index in [1.165, 1.54) is 12.1 Å². The normalized spacial score (nSPS) is 18.0. The largest absolute Gasteiger partial charge is 0.489 e. The first kappa shape index (κ1) is 20.0. The van der Waals surface area contributed by atoms with Gasteiger partial charge in [0.25, 0.3) is 0 Å². The van der Waals surface area contributed by atoms with Crippen molar-refractivity contribution in [2.24, 2.45) is 0 Å². The smallest absolute Gasteiger partial charge is 0.303 e. The number of aliphatic carboxylic acids is 1. The molecule has 1 unspecified atom stereocenters. The Hall–Kier alpha value is -1.35. The molecular weight excluding hydrogens is 370 g/mol. The molecule has 1 aliphatic rings. The number of halogens is 1. The van der Waals surface area contributed by atoms with Gasteiger partial charge in [-0.25, -0.2) is 13.1 Å². The van der Waals surface area contributed by atoms with Crippen LogP contribution in [0, 0.1) is 0 Å². The maximum absolute atomic E-state index is 12.5. The molecule has 0 amide bonds. The molecule has 0 spiro atoms. The van der Waals surface area contributed by atoms with Gasteiger partial charge in [-0.2, -0.15) is 0 Å². The number of carbonyl (C=O) groups is 1. The SMILES string of the molecule is O=C(O)CCCNS(=O)(=O)c1cc(Cl)ccc1OCC1CCCCO1. The number of sulfonamides is 1. The standard InChI is InChI=1S/C16H22ClNO6S/c17-12-6-7-14(24-11-13-4-1-2-9-23-13)15(10-12)25(21,22)18-8-3-5-16(19)20/h6-7,10,13,18H,1-5,8-9,11H2,(H,19,20). The molecule has 2 N–H and O–H groups in total. The third-order valence-electron chi connectivity index (χ3n) is 3.75. The lowest BCUT2D eigenvalue weighted by Crippen LogP contribution is -2.28.